The summed E-state index contributed by atoms with van der Waals surface area (Å²) in [7, 11) is 1.61. The summed E-state index contributed by atoms with van der Waals surface area (Å²) >= 11 is 0. The maximum Gasteiger partial charge on any atom is 0.269 e. The Kier molecular flexibility index (Phi) is 3.05. The van der Waals surface area contributed by atoms with Crippen molar-refractivity contribution in [2.75, 3.05) is 7.11 Å². The molecule has 0 aliphatic heterocycles. The lowest BCUT2D eigenvalue weighted by molar-refractivity contribution is -0.384. The van der Waals surface area contributed by atoms with Crippen LogP contribution in [0.1, 0.15) is 0 Å². The van der Waals surface area contributed by atoms with Gasteiger partial charge in [0.15, 0.2) is 0 Å². The lowest BCUT2D eigenvalue weighted by Crippen LogP contribution is -1.87. The second-order valence-corrected chi connectivity index (χ2v) is 3.54. The molecule has 0 N–H and O–H groups in total. The third-order valence-electron chi connectivity index (χ3n) is 2.48. The predicted molar refractivity (Wildman–Crippen MR) is 65.1 cm³/mol. The van der Waals surface area contributed by atoms with Crippen molar-refractivity contribution in [3.8, 4) is 16.9 Å². The van der Waals surface area contributed by atoms with Crippen LogP contribution in [0.5, 0.6) is 5.75 Å². The Labute approximate surface area is 98.6 Å². The van der Waals surface area contributed by atoms with E-state index in [1.165, 1.54) is 12.1 Å². The fourth-order valence-electron chi connectivity index (χ4n) is 1.58. The van der Waals surface area contributed by atoms with Gasteiger partial charge in [0.1, 0.15) is 5.75 Å². The van der Waals surface area contributed by atoms with Crippen LogP contribution in [0.25, 0.3) is 11.1 Å². The molecule has 0 spiro atoms. The molecule has 4 heteroatoms. The molecule has 0 aromatic heterocycles. The van der Waals surface area contributed by atoms with E-state index in [9.17, 15) is 10.1 Å². The van der Waals surface area contributed by atoms with E-state index in [1.54, 1.807) is 19.2 Å². The van der Waals surface area contributed by atoms with Crippen LogP contribution in [0, 0.1) is 10.1 Å². The average Bonchev–Trinajstić information content (AvgIpc) is 2.39. The molecule has 0 fully saturated rings. The monoisotopic (exact) mass is 229 g/mol. The van der Waals surface area contributed by atoms with E-state index in [0.29, 0.717) is 0 Å². The third kappa shape index (κ3) is 2.42. The third-order valence-corrected chi connectivity index (χ3v) is 2.48. The predicted octanol–water partition coefficient (Wildman–Crippen LogP) is 3.27. The highest BCUT2D eigenvalue weighted by Gasteiger charge is 2.05. The summed E-state index contributed by atoms with van der Waals surface area (Å²) < 4.78 is 5.13. The minimum atomic E-state index is -0.407. The Balaban J connectivity index is 2.36. The summed E-state index contributed by atoms with van der Waals surface area (Å²) in [4.78, 5) is 10.1. The van der Waals surface area contributed by atoms with Crippen LogP contribution in [-0.2, 0) is 0 Å². The summed E-state index contributed by atoms with van der Waals surface area (Å²) in [6.45, 7) is 0. The van der Waals surface area contributed by atoms with Gasteiger partial charge in [-0.05, 0) is 35.4 Å². The number of ether oxygens (including phenoxy) is 1. The molecule has 0 radical (unpaired) electrons. The Morgan fingerprint density at radius 2 is 1.76 bits per heavy atom. The minimum absolute atomic E-state index is 0.0941. The van der Waals surface area contributed by atoms with E-state index in [4.69, 9.17) is 4.74 Å². The summed E-state index contributed by atoms with van der Waals surface area (Å²) in [6.07, 6.45) is 0. The molecular formula is C13H11NO3. The highest BCUT2D eigenvalue weighted by molar-refractivity contribution is 5.66. The minimum Gasteiger partial charge on any atom is -0.497 e. The average molecular weight is 229 g/mol. The van der Waals surface area contributed by atoms with Crippen LogP contribution in [0.4, 0.5) is 5.69 Å². The Morgan fingerprint density at radius 3 is 2.35 bits per heavy atom. The van der Waals surface area contributed by atoms with E-state index in [0.717, 1.165) is 16.9 Å². The molecule has 0 saturated carbocycles. The summed E-state index contributed by atoms with van der Waals surface area (Å²) in [6, 6.07) is 14.0. The van der Waals surface area contributed by atoms with E-state index < -0.39 is 4.92 Å². The van der Waals surface area contributed by atoms with E-state index >= 15 is 0 Å². The summed E-state index contributed by atoms with van der Waals surface area (Å²) in [5.41, 5.74) is 1.99. The van der Waals surface area contributed by atoms with Gasteiger partial charge in [0.05, 0.1) is 12.0 Å². The molecule has 0 saturated heterocycles. The molecular weight excluding hydrogens is 218 g/mol. The fourth-order valence-corrected chi connectivity index (χ4v) is 1.58. The van der Waals surface area contributed by atoms with Gasteiger partial charge in [0.25, 0.3) is 5.69 Å². The number of methoxy groups -OCH3 is 1. The molecule has 0 amide bonds. The van der Waals surface area contributed by atoms with Gasteiger partial charge < -0.3 is 4.74 Å². The van der Waals surface area contributed by atoms with Crippen molar-refractivity contribution in [3.05, 3.63) is 58.6 Å². The first-order valence-corrected chi connectivity index (χ1v) is 5.09. The Hall–Kier alpha value is -2.36. The molecule has 17 heavy (non-hydrogen) atoms. The normalized spacial score (nSPS) is 9.94. The van der Waals surface area contributed by atoms with Crippen LogP contribution in [0.15, 0.2) is 48.5 Å². The first kappa shape index (κ1) is 11.1. The maximum absolute atomic E-state index is 10.5. The lowest BCUT2D eigenvalue weighted by Gasteiger charge is -2.04. The zero-order valence-corrected chi connectivity index (χ0v) is 9.29. The van der Waals surface area contributed by atoms with Crippen LogP contribution in [-0.4, -0.2) is 12.0 Å². The summed E-state index contributed by atoms with van der Waals surface area (Å²) in [5.74, 6) is 0.765. The molecule has 2 aromatic rings. The molecule has 2 rings (SSSR count). The molecule has 0 aliphatic carbocycles. The quantitative estimate of drug-likeness (QED) is 0.599. The van der Waals surface area contributed by atoms with Crippen molar-refractivity contribution in [3.63, 3.8) is 0 Å². The van der Waals surface area contributed by atoms with Crippen molar-refractivity contribution < 1.29 is 9.66 Å². The number of hydrogen-bond acceptors (Lipinski definition) is 3. The zero-order valence-electron chi connectivity index (χ0n) is 9.29. The highest BCUT2D eigenvalue weighted by Crippen LogP contribution is 2.25. The van der Waals surface area contributed by atoms with Crippen molar-refractivity contribution in [2.45, 2.75) is 0 Å². The highest BCUT2D eigenvalue weighted by atomic mass is 16.6. The molecule has 2 aromatic carbocycles. The number of rotatable bonds is 3. The van der Waals surface area contributed by atoms with Gasteiger partial charge in [-0.3, -0.25) is 10.1 Å². The van der Waals surface area contributed by atoms with Gasteiger partial charge in [-0.25, -0.2) is 0 Å². The second kappa shape index (κ2) is 4.65. The molecule has 0 bridgehead atoms. The topological polar surface area (TPSA) is 52.4 Å². The lowest BCUT2D eigenvalue weighted by atomic mass is 10.1. The van der Waals surface area contributed by atoms with Crippen molar-refractivity contribution in [1.82, 2.24) is 0 Å². The maximum atomic E-state index is 10.5. The SMILES string of the molecule is COc1cccc(-c2ccc([N+](=O)[O-])cc2)c1. The van der Waals surface area contributed by atoms with Gasteiger partial charge in [0, 0.05) is 12.1 Å². The number of nitro groups is 1. The van der Waals surface area contributed by atoms with Crippen LogP contribution in [0.2, 0.25) is 0 Å². The van der Waals surface area contributed by atoms with E-state index in [2.05, 4.69) is 0 Å². The number of nitrogens with zero attached hydrogens (tertiary/aromatic N) is 1. The number of nitro benzene ring substituents is 1. The van der Waals surface area contributed by atoms with Crippen LogP contribution < -0.4 is 4.74 Å². The van der Waals surface area contributed by atoms with Gasteiger partial charge in [-0.15, -0.1) is 0 Å². The number of non-ortho nitro benzene ring substituents is 1. The van der Waals surface area contributed by atoms with E-state index in [-0.39, 0.29) is 5.69 Å². The molecule has 0 aliphatic rings. The first-order chi connectivity index (χ1) is 8.20. The van der Waals surface area contributed by atoms with Gasteiger partial charge >= 0.3 is 0 Å². The molecule has 0 unspecified atom stereocenters. The Morgan fingerprint density at radius 1 is 1.06 bits per heavy atom. The molecule has 4 nitrogen and oxygen atoms in total. The van der Waals surface area contributed by atoms with Crippen LogP contribution >= 0.6 is 0 Å². The summed E-state index contributed by atoms with van der Waals surface area (Å²) in [5, 5.41) is 10.5. The van der Waals surface area contributed by atoms with Gasteiger partial charge in [-0.2, -0.15) is 0 Å². The largest absolute Gasteiger partial charge is 0.497 e. The first-order valence-electron chi connectivity index (χ1n) is 5.09. The van der Waals surface area contributed by atoms with Gasteiger partial charge in [0.2, 0.25) is 0 Å². The van der Waals surface area contributed by atoms with Crippen LogP contribution in [0.3, 0.4) is 0 Å². The standard InChI is InChI=1S/C13H11NO3/c1-17-13-4-2-3-11(9-13)10-5-7-12(8-6-10)14(15)16/h2-9H,1H3. The number of hydrogen-bond donors (Lipinski definition) is 0. The van der Waals surface area contributed by atoms with Crippen molar-refractivity contribution >= 4 is 5.69 Å². The van der Waals surface area contributed by atoms with Crippen molar-refractivity contribution in [1.29, 1.82) is 0 Å². The molecule has 0 heterocycles. The van der Waals surface area contributed by atoms with E-state index in [1.807, 2.05) is 24.3 Å². The smallest absolute Gasteiger partial charge is 0.269 e. The zero-order chi connectivity index (χ0) is 12.3. The van der Waals surface area contributed by atoms with Gasteiger partial charge in [-0.1, -0.05) is 12.1 Å². The number of benzene rings is 2. The molecule has 0 atom stereocenters. The molecule has 86 valence electrons. The fraction of sp³-hybridized carbons (Fsp3) is 0.0769. The second-order valence-electron chi connectivity index (χ2n) is 3.54. The van der Waals surface area contributed by atoms with Crippen molar-refractivity contribution in [2.24, 2.45) is 0 Å². The Bertz CT molecular complexity index is 535.